The Morgan fingerprint density at radius 3 is 2.47 bits per heavy atom. The summed E-state index contributed by atoms with van der Waals surface area (Å²) in [6, 6.07) is 0. The number of carbonyl (C=O) groups excluding carboxylic acids is 2. The van der Waals surface area contributed by atoms with Gasteiger partial charge in [0, 0.05) is 25.9 Å². The second-order valence-electron chi connectivity index (χ2n) is 4.29. The third-order valence-electron chi connectivity index (χ3n) is 2.58. The van der Waals surface area contributed by atoms with E-state index in [2.05, 4.69) is 0 Å². The van der Waals surface area contributed by atoms with Crippen LogP contribution in [0.1, 0.15) is 19.3 Å². The van der Waals surface area contributed by atoms with E-state index < -0.39 is 23.7 Å². The summed E-state index contributed by atoms with van der Waals surface area (Å²) in [5.74, 6) is -4.16. The number of carbonyl (C=O) groups is 2. The summed E-state index contributed by atoms with van der Waals surface area (Å²) in [5, 5.41) is 0. The van der Waals surface area contributed by atoms with Crippen LogP contribution in [0.2, 0.25) is 0 Å². The highest BCUT2D eigenvalue weighted by Gasteiger charge is 2.47. The Morgan fingerprint density at radius 2 is 2.00 bits per heavy atom. The number of hydrogen-bond donors (Lipinski definition) is 0. The highest BCUT2D eigenvalue weighted by atomic mass is 19.4. The lowest BCUT2D eigenvalue weighted by atomic mass is 9.82. The van der Waals surface area contributed by atoms with Gasteiger partial charge in [-0.05, 0) is 19.3 Å². The predicted octanol–water partition coefficient (Wildman–Crippen LogP) is 1.93. The fraction of sp³-hybridized carbons (Fsp3) is 0.636. The normalized spacial score (nSPS) is 23.9. The van der Waals surface area contributed by atoms with Gasteiger partial charge in [0.15, 0.2) is 5.78 Å². The molecule has 6 heteroatoms. The van der Waals surface area contributed by atoms with Gasteiger partial charge in [0.2, 0.25) is 5.78 Å². The molecular formula is C11H14F3NO2. The van der Waals surface area contributed by atoms with Crippen LogP contribution in [0.15, 0.2) is 11.8 Å². The van der Waals surface area contributed by atoms with E-state index in [9.17, 15) is 22.8 Å². The maximum absolute atomic E-state index is 12.3. The first-order valence-electron chi connectivity index (χ1n) is 5.26. The van der Waals surface area contributed by atoms with E-state index in [0.717, 1.165) is 0 Å². The molecule has 1 atom stereocenters. The van der Waals surface area contributed by atoms with Gasteiger partial charge in [0.25, 0.3) is 0 Å². The molecule has 1 rings (SSSR count). The Hall–Kier alpha value is -1.33. The summed E-state index contributed by atoms with van der Waals surface area (Å²) < 4.78 is 36.8. The lowest BCUT2D eigenvalue weighted by molar-refractivity contribution is -0.177. The quantitative estimate of drug-likeness (QED) is 0.554. The van der Waals surface area contributed by atoms with Crippen molar-refractivity contribution < 1.29 is 22.8 Å². The average molecular weight is 249 g/mol. The molecule has 1 aliphatic rings. The van der Waals surface area contributed by atoms with Crippen molar-refractivity contribution in [3.8, 4) is 0 Å². The van der Waals surface area contributed by atoms with Crippen molar-refractivity contribution in [1.29, 1.82) is 0 Å². The van der Waals surface area contributed by atoms with E-state index in [-0.39, 0.29) is 6.42 Å². The molecule has 0 aromatic heterocycles. The standard InChI is InChI=1S/C11H14F3NO2/c1-15(2)6-7-4-3-5-8(9(7)16)10(17)11(12,13)14/h6,8H,3-5H2,1-2H3/b7-6+. The van der Waals surface area contributed by atoms with E-state index in [1.165, 1.54) is 6.20 Å². The van der Waals surface area contributed by atoms with Crippen molar-refractivity contribution in [2.75, 3.05) is 14.1 Å². The first kappa shape index (κ1) is 13.7. The second kappa shape index (κ2) is 4.89. The van der Waals surface area contributed by atoms with Crippen molar-refractivity contribution in [2.45, 2.75) is 25.4 Å². The van der Waals surface area contributed by atoms with Crippen LogP contribution in [0.3, 0.4) is 0 Å². The number of hydrogen-bond acceptors (Lipinski definition) is 3. The van der Waals surface area contributed by atoms with Crippen LogP contribution in [0, 0.1) is 5.92 Å². The zero-order valence-electron chi connectivity index (χ0n) is 9.67. The summed E-state index contributed by atoms with van der Waals surface area (Å²) >= 11 is 0. The maximum atomic E-state index is 12.3. The van der Waals surface area contributed by atoms with Crippen LogP contribution in [-0.2, 0) is 9.59 Å². The van der Waals surface area contributed by atoms with Crippen molar-refractivity contribution >= 4 is 11.6 Å². The molecule has 1 unspecified atom stereocenters. The van der Waals surface area contributed by atoms with Gasteiger partial charge < -0.3 is 4.90 Å². The molecule has 0 heterocycles. The molecule has 0 radical (unpaired) electrons. The van der Waals surface area contributed by atoms with Crippen molar-refractivity contribution in [3.63, 3.8) is 0 Å². The molecule has 1 fully saturated rings. The first-order chi connectivity index (χ1) is 7.73. The highest BCUT2D eigenvalue weighted by molar-refractivity contribution is 6.12. The van der Waals surface area contributed by atoms with E-state index in [1.807, 2.05) is 0 Å². The molecule has 0 saturated heterocycles. The summed E-state index contributed by atoms with van der Waals surface area (Å²) in [6.07, 6.45) is -2.60. The number of nitrogens with zero attached hydrogens (tertiary/aromatic N) is 1. The highest BCUT2D eigenvalue weighted by Crippen LogP contribution is 2.31. The maximum Gasteiger partial charge on any atom is 0.450 e. The lowest BCUT2D eigenvalue weighted by Gasteiger charge is -2.23. The number of alkyl halides is 3. The van der Waals surface area contributed by atoms with Crippen LogP contribution in [-0.4, -0.2) is 36.7 Å². The van der Waals surface area contributed by atoms with Gasteiger partial charge in [-0.2, -0.15) is 13.2 Å². The molecule has 3 nitrogen and oxygen atoms in total. The van der Waals surface area contributed by atoms with Gasteiger partial charge in [0.05, 0.1) is 5.92 Å². The Morgan fingerprint density at radius 1 is 1.41 bits per heavy atom. The fourth-order valence-electron chi connectivity index (χ4n) is 1.86. The molecule has 17 heavy (non-hydrogen) atoms. The molecule has 0 N–H and O–H groups in total. The van der Waals surface area contributed by atoms with Gasteiger partial charge in [-0.25, -0.2) is 0 Å². The second-order valence-corrected chi connectivity index (χ2v) is 4.29. The molecule has 96 valence electrons. The lowest BCUT2D eigenvalue weighted by Crippen LogP contribution is -2.38. The molecule has 0 spiro atoms. The smallest absolute Gasteiger partial charge is 0.383 e. The monoisotopic (exact) mass is 249 g/mol. The van der Waals surface area contributed by atoms with Gasteiger partial charge in [-0.3, -0.25) is 9.59 Å². The molecule has 0 aromatic rings. The number of rotatable bonds is 2. The van der Waals surface area contributed by atoms with Gasteiger partial charge in [-0.15, -0.1) is 0 Å². The number of ketones is 2. The molecule has 1 saturated carbocycles. The van der Waals surface area contributed by atoms with Crippen LogP contribution in [0.4, 0.5) is 13.2 Å². The third kappa shape index (κ3) is 3.31. The zero-order chi connectivity index (χ0) is 13.2. The summed E-state index contributed by atoms with van der Waals surface area (Å²) in [4.78, 5) is 24.4. The SMILES string of the molecule is CN(C)/C=C1\CCCC(C(=O)C(F)(F)F)C1=O. The van der Waals surface area contributed by atoms with Crippen molar-refractivity contribution in [3.05, 3.63) is 11.8 Å². The zero-order valence-corrected chi connectivity index (χ0v) is 9.67. The molecule has 0 bridgehead atoms. The largest absolute Gasteiger partial charge is 0.450 e. The van der Waals surface area contributed by atoms with Gasteiger partial charge in [-0.1, -0.05) is 0 Å². The van der Waals surface area contributed by atoms with Gasteiger partial charge in [0.1, 0.15) is 0 Å². The summed E-state index contributed by atoms with van der Waals surface area (Å²) in [5.41, 5.74) is 0.295. The molecule has 0 aliphatic heterocycles. The summed E-state index contributed by atoms with van der Waals surface area (Å²) in [6.45, 7) is 0. The van der Waals surface area contributed by atoms with Crippen LogP contribution >= 0.6 is 0 Å². The first-order valence-corrected chi connectivity index (χ1v) is 5.26. The van der Waals surface area contributed by atoms with E-state index in [4.69, 9.17) is 0 Å². The van der Waals surface area contributed by atoms with Crippen molar-refractivity contribution in [1.82, 2.24) is 4.90 Å². The van der Waals surface area contributed by atoms with E-state index in [0.29, 0.717) is 18.4 Å². The summed E-state index contributed by atoms with van der Waals surface area (Å²) in [7, 11) is 3.35. The van der Waals surface area contributed by atoms with E-state index in [1.54, 1.807) is 19.0 Å². The Kier molecular flexibility index (Phi) is 3.95. The minimum Gasteiger partial charge on any atom is -0.383 e. The minimum absolute atomic E-state index is 0.0120. The molecular weight excluding hydrogens is 235 g/mol. The van der Waals surface area contributed by atoms with Crippen LogP contribution in [0.25, 0.3) is 0 Å². The van der Waals surface area contributed by atoms with Crippen LogP contribution < -0.4 is 0 Å². The van der Waals surface area contributed by atoms with E-state index >= 15 is 0 Å². The molecule has 0 amide bonds. The topological polar surface area (TPSA) is 37.4 Å². The molecule has 0 aromatic carbocycles. The number of halogens is 3. The van der Waals surface area contributed by atoms with Crippen LogP contribution in [0.5, 0.6) is 0 Å². The number of allylic oxidation sites excluding steroid dienone is 1. The number of Topliss-reactive ketones (excluding diaryl/α,β-unsaturated/α-hetero) is 2. The average Bonchev–Trinajstić information content (AvgIpc) is 2.18. The van der Waals surface area contributed by atoms with Crippen molar-refractivity contribution in [2.24, 2.45) is 5.92 Å². The third-order valence-corrected chi connectivity index (χ3v) is 2.58. The minimum atomic E-state index is -4.93. The Labute approximate surface area is 97.3 Å². The predicted molar refractivity (Wildman–Crippen MR) is 55.2 cm³/mol. The Balaban J connectivity index is 2.90. The Bertz CT molecular complexity index is 358. The molecule has 1 aliphatic carbocycles. The van der Waals surface area contributed by atoms with Gasteiger partial charge >= 0.3 is 6.18 Å². The fourth-order valence-corrected chi connectivity index (χ4v) is 1.86.